The Morgan fingerprint density at radius 1 is 1.16 bits per heavy atom. The highest BCUT2D eigenvalue weighted by molar-refractivity contribution is 6.05. The number of esters is 2. The number of hydrogen-bond donors (Lipinski definition) is 2. The lowest BCUT2D eigenvalue weighted by atomic mass is 9.90. The highest BCUT2D eigenvalue weighted by atomic mass is 16.6. The molecule has 1 aliphatic heterocycles. The zero-order chi connectivity index (χ0) is 14.2. The lowest BCUT2D eigenvalue weighted by Crippen LogP contribution is -2.16. The van der Waals surface area contributed by atoms with Gasteiger partial charge < -0.3 is 14.9 Å². The highest BCUT2D eigenvalue weighted by Gasteiger charge is 2.38. The molecule has 1 atom stereocenters. The highest BCUT2D eigenvalue weighted by Crippen LogP contribution is 2.31. The van der Waals surface area contributed by atoms with E-state index in [9.17, 15) is 19.2 Å². The molecule has 0 spiro atoms. The molecule has 0 aliphatic carbocycles. The fourth-order valence-electron chi connectivity index (χ4n) is 1.99. The van der Waals surface area contributed by atoms with Crippen LogP contribution in [0.1, 0.15) is 38.6 Å². The first-order valence-corrected chi connectivity index (χ1v) is 5.26. The summed E-state index contributed by atoms with van der Waals surface area (Å²) in [5.41, 5.74) is -0.952. The van der Waals surface area contributed by atoms with Gasteiger partial charge in [-0.05, 0) is 11.6 Å². The Kier molecular flexibility index (Phi) is 3.04. The number of rotatable bonds is 3. The number of carbonyl (C=O) groups is 4. The van der Waals surface area contributed by atoms with E-state index >= 15 is 0 Å². The summed E-state index contributed by atoms with van der Waals surface area (Å²) in [5, 5.41) is 18.1. The van der Waals surface area contributed by atoms with Gasteiger partial charge in [-0.2, -0.15) is 0 Å². The molecule has 0 saturated carbocycles. The third-order valence-electron chi connectivity index (χ3n) is 2.79. The van der Waals surface area contributed by atoms with Gasteiger partial charge in [0.1, 0.15) is 0 Å². The standard InChI is InChI=1S/C12H8O7/c13-8-4-7(12(18)19-8)5-2-1-3-6(10(14)15)9(5)11(16)17/h1-3,7H,4H2,(H,14,15)(H,16,17). The summed E-state index contributed by atoms with van der Waals surface area (Å²) in [6.07, 6.45) is -0.289. The summed E-state index contributed by atoms with van der Waals surface area (Å²) in [6.45, 7) is 0. The Bertz CT molecular complexity index is 602. The lowest BCUT2D eigenvalue weighted by molar-refractivity contribution is -0.152. The van der Waals surface area contributed by atoms with Crippen molar-refractivity contribution < 1.29 is 34.1 Å². The minimum absolute atomic E-state index is 0.0248. The van der Waals surface area contributed by atoms with Crippen molar-refractivity contribution in [2.75, 3.05) is 0 Å². The fraction of sp³-hybridized carbons (Fsp3) is 0.167. The number of cyclic esters (lactones) is 2. The van der Waals surface area contributed by atoms with E-state index in [1.807, 2.05) is 0 Å². The van der Waals surface area contributed by atoms with E-state index < -0.39 is 40.9 Å². The second-order valence-corrected chi connectivity index (χ2v) is 3.93. The predicted octanol–water partition coefficient (Wildman–Crippen LogP) is 0.640. The van der Waals surface area contributed by atoms with Crippen molar-refractivity contribution >= 4 is 23.9 Å². The van der Waals surface area contributed by atoms with Gasteiger partial charge >= 0.3 is 23.9 Å². The Labute approximate surface area is 106 Å². The Morgan fingerprint density at radius 2 is 1.84 bits per heavy atom. The molecule has 1 fully saturated rings. The van der Waals surface area contributed by atoms with Crippen LogP contribution in [-0.2, 0) is 14.3 Å². The molecule has 1 aromatic rings. The van der Waals surface area contributed by atoms with Gasteiger partial charge in [-0.3, -0.25) is 9.59 Å². The average Bonchev–Trinajstić information content (AvgIpc) is 2.67. The number of carboxylic acid groups (broad SMARTS) is 2. The molecule has 7 nitrogen and oxygen atoms in total. The lowest BCUT2D eigenvalue weighted by Gasteiger charge is -2.11. The van der Waals surface area contributed by atoms with Crippen LogP contribution in [-0.4, -0.2) is 34.1 Å². The zero-order valence-corrected chi connectivity index (χ0v) is 9.45. The summed E-state index contributed by atoms with van der Waals surface area (Å²) in [5.74, 6) is -5.59. The smallest absolute Gasteiger partial charge is 0.336 e. The maximum absolute atomic E-state index is 11.5. The van der Waals surface area contributed by atoms with E-state index in [-0.39, 0.29) is 12.0 Å². The number of carboxylic acids is 2. The van der Waals surface area contributed by atoms with E-state index in [1.54, 1.807) is 0 Å². The summed E-state index contributed by atoms with van der Waals surface area (Å²) >= 11 is 0. The van der Waals surface area contributed by atoms with Crippen LogP contribution in [0, 0.1) is 0 Å². The van der Waals surface area contributed by atoms with Crippen molar-refractivity contribution in [2.45, 2.75) is 12.3 Å². The predicted molar refractivity (Wildman–Crippen MR) is 58.8 cm³/mol. The quantitative estimate of drug-likeness (QED) is 0.607. The monoisotopic (exact) mass is 264 g/mol. The number of aromatic carboxylic acids is 2. The largest absolute Gasteiger partial charge is 0.478 e. The van der Waals surface area contributed by atoms with Gasteiger partial charge in [-0.1, -0.05) is 12.1 Å². The van der Waals surface area contributed by atoms with Crippen molar-refractivity contribution in [1.29, 1.82) is 0 Å². The molecule has 1 unspecified atom stereocenters. The summed E-state index contributed by atoms with van der Waals surface area (Å²) < 4.78 is 4.35. The average molecular weight is 264 g/mol. The second kappa shape index (κ2) is 4.52. The van der Waals surface area contributed by atoms with Crippen LogP contribution >= 0.6 is 0 Å². The molecule has 1 aliphatic rings. The minimum atomic E-state index is -1.47. The van der Waals surface area contributed by atoms with E-state index in [0.29, 0.717) is 0 Å². The molecule has 1 aromatic carbocycles. The number of hydrogen-bond acceptors (Lipinski definition) is 5. The van der Waals surface area contributed by atoms with Gasteiger partial charge in [-0.15, -0.1) is 0 Å². The topological polar surface area (TPSA) is 118 Å². The molecular weight excluding hydrogens is 256 g/mol. The van der Waals surface area contributed by atoms with Gasteiger partial charge in [0.15, 0.2) is 0 Å². The van der Waals surface area contributed by atoms with Gasteiger partial charge in [0.2, 0.25) is 0 Å². The van der Waals surface area contributed by atoms with Crippen molar-refractivity contribution in [3.05, 3.63) is 34.9 Å². The van der Waals surface area contributed by atoms with E-state index in [0.717, 1.165) is 6.07 Å². The third-order valence-corrected chi connectivity index (χ3v) is 2.79. The molecular formula is C12H8O7. The molecule has 0 bridgehead atoms. The summed E-state index contributed by atoms with van der Waals surface area (Å²) in [4.78, 5) is 44.7. The number of benzene rings is 1. The van der Waals surface area contributed by atoms with Crippen LogP contribution in [0.2, 0.25) is 0 Å². The normalized spacial score (nSPS) is 18.2. The first kappa shape index (κ1) is 12.7. The van der Waals surface area contributed by atoms with E-state index in [4.69, 9.17) is 10.2 Å². The molecule has 19 heavy (non-hydrogen) atoms. The third kappa shape index (κ3) is 2.17. The summed E-state index contributed by atoms with van der Waals surface area (Å²) in [6, 6.07) is 3.75. The molecule has 1 saturated heterocycles. The number of carbonyl (C=O) groups excluding carboxylic acids is 2. The minimum Gasteiger partial charge on any atom is -0.478 e. The molecule has 1 heterocycles. The van der Waals surface area contributed by atoms with E-state index in [2.05, 4.69) is 4.74 Å². The van der Waals surface area contributed by atoms with Crippen LogP contribution in [0.25, 0.3) is 0 Å². The fourth-order valence-corrected chi connectivity index (χ4v) is 1.99. The molecule has 2 rings (SSSR count). The first-order chi connectivity index (χ1) is 8.91. The first-order valence-electron chi connectivity index (χ1n) is 5.26. The van der Waals surface area contributed by atoms with Gasteiger partial charge in [0, 0.05) is 0 Å². The zero-order valence-electron chi connectivity index (χ0n) is 9.45. The van der Waals surface area contributed by atoms with Gasteiger partial charge in [0.25, 0.3) is 0 Å². The molecule has 7 heteroatoms. The Morgan fingerprint density at radius 3 is 2.32 bits per heavy atom. The molecule has 0 amide bonds. The van der Waals surface area contributed by atoms with Crippen LogP contribution < -0.4 is 0 Å². The van der Waals surface area contributed by atoms with Crippen molar-refractivity contribution in [2.24, 2.45) is 0 Å². The SMILES string of the molecule is O=C1CC(c2cccc(C(=O)O)c2C(=O)O)C(=O)O1. The van der Waals surface area contributed by atoms with Crippen molar-refractivity contribution in [1.82, 2.24) is 0 Å². The Balaban J connectivity index is 2.60. The van der Waals surface area contributed by atoms with Crippen LogP contribution in [0.5, 0.6) is 0 Å². The van der Waals surface area contributed by atoms with Crippen molar-refractivity contribution in [3.8, 4) is 0 Å². The maximum Gasteiger partial charge on any atom is 0.336 e. The van der Waals surface area contributed by atoms with Gasteiger partial charge in [-0.25, -0.2) is 9.59 Å². The van der Waals surface area contributed by atoms with Crippen molar-refractivity contribution in [3.63, 3.8) is 0 Å². The Hall–Kier alpha value is -2.70. The van der Waals surface area contributed by atoms with Crippen LogP contribution in [0.4, 0.5) is 0 Å². The molecule has 98 valence electrons. The number of ether oxygens (including phenoxy) is 1. The van der Waals surface area contributed by atoms with E-state index in [1.165, 1.54) is 12.1 Å². The second-order valence-electron chi connectivity index (χ2n) is 3.93. The molecule has 0 aromatic heterocycles. The summed E-state index contributed by atoms with van der Waals surface area (Å²) in [7, 11) is 0. The van der Waals surface area contributed by atoms with Crippen LogP contribution in [0.15, 0.2) is 18.2 Å². The maximum atomic E-state index is 11.5. The molecule has 0 radical (unpaired) electrons. The van der Waals surface area contributed by atoms with Crippen LogP contribution in [0.3, 0.4) is 0 Å². The van der Waals surface area contributed by atoms with Gasteiger partial charge in [0.05, 0.1) is 23.5 Å². The molecule has 2 N–H and O–H groups in total.